The van der Waals surface area contributed by atoms with Crippen molar-refractivity contribution in [3.8, 4) is 0 Å². The lowest BCUT2D eigenvalue weighted by Gasteiger charge is -2.19. The molecule has 1 aromatic heterocycles. The van der Waals surface area contributed by atoms with E-state index in [2.05, 4.69) is 27.8 Å². The van der Waals surface area contributed by atoms with Gasteiger partial charge in [-0.2, -0.15) is 0 Å². The first-order valence-corrected chi connectivity index (χ1v) is 7.26. The van der Waals surface area contributed by atoms with E-state index in [9.17, 15) is 0 Å². The Morgan fingerprint density at radius 2 is 1.94 bits per heavy atom. The minimum absolute atomic E-state index is 0.108. The van der Waals surface area contributed by atoms with Crippen LogP contribution in [0.15, 0.2) is 42.6 Å². The van der Waals surface area contributed by atoms with Gasteiger partial charge in [0.1, 0.15) is 0 Å². The summed E-state index contributed by atoms with van der Waals surface area (Å²) in [5, 5.41) is 1.32. The first-order valence-electron chi connectivity index (χ1n) is 5.59. The molecule has 0 N–H and O–H groups in total. The molecule has 0 fully saturated rings. The molecule has 1 nitrogen and oxygen atoms in total. The lowest BCUT2D eigenvalue weighted by Crippen LogP contribution is -2.04. The number of nitrogens with zero attached hydrogens (tertiary/aromatic N) is 1. The van der Waals surface area contributed by atoms with Crippen LogP contribution >= 0.6 is 39.1 Å². The van der Waals surface area contributed by atoms with Crippen LogP contribution in [0.5, 0.6) is 0 Å². The van der Waals surface area contributed by atoms with Gasteiger partial charge in [0.2, 0.25) is 0 Å². The minimum atomic E-state index is 0.108. The van der Waals surface area contributed by atoms with E-state index in [1.165, 1.54) is 0 Å². The largest absolute Gasteiger partial charge is 0.261 e. The van der Waals surface area contributed by atoms with Crippen molar-refractivity contribution in [3.05, 3.63) is 63.9 Å². The molecule has 1 aromatic carbocycles. The molecule has 18 heavy (non-hydrogen) atoms. The molecule has 2 unspecified atom stereocenters. The van der Waals surface area contributed by atoms with Gasteiger partial charge in [-0.05, 0) is 29.8 Å². The lowest BCUT2D eigenvalue weighted by atomic mass is 9.97. The van der Waals surface area contributed by atoms with Gasteiger partial charge in [0, 0.05) is 32.7 Å². The van der Waals surface area contributed by atoms with Gasteiger partial charge < -0.3 is 0 Å². The number of benzene rings is 1. The summed E-state index contributed by atoms with van der Waals surface area (Å²) in [5.41, 5.74) is 2.06. The van der Waals surface area contributed by atoms with E-state index in [1.54, 1.807) is 12.3 Å². The van der Waals surface area contributed by atoms with E-state index < -0.39 is 0 Å². The van der Waals surface area contributed by atoms with Crippen LogP contribution in [0.1, 0.15) is 28.9 Å². The van der Waals surface area contributed by atoms with Gasteiger partial charge in [0.05, 0.1) is 0 Å². The van der Waals surface area contributed by atoms with E-state index in [1.807, 2.05) is 30.3 Å². The van der Waals surface area contributed by atoms with Crippen LogP contribution in [0.4, 0.5) is 0 Å². The Bertz CT molecular complexity index is 531. The first-order chi connectivity index (χ1) is 8.59. The van der Waals surface area contributed by atoms with E-state index in [4.69, 9.17) is 23.2 Å². The molecule has 4 heteroatoms. The molecular formula is C14H12BrCl2N. The van der Waals surface area contributed by atoms with Crippen molar-refractivity contribution >= 4 is 39.1 Å². The van der Waals surface area contributed by atoms with Crippen molar-refractivity contribution in [2.75, 3.05) is 0 Å². The molecule has 1 heterocycles. The third kappa shape index (κ3) is 3.05. The number of pyridine rings is 1. The molecule has 0 spiro atoms. The predicted molar refractivity (Wildman–Crippen MR) is 80.8 cm³/mol. The van der Waals surface area contributed by atoms with Crippen LogP contribution in [0.2, 0.25) is 10.0 Å². The van der Waals surface area contributed by atoms with Crippen LogP contribution in [0.25, 0.3) is 0 Å². The summed E-state index contributed by atoms with van der Waals surface area (Å²) >= 11 is 15.8. The summed E-state index contributed by atoms with van der Waals surface area (Å²) < 4.78 is 0. The highest BCUT2D eigenvalue weighted by Gasteiger charge is 2.21. The zero-order valence-corrected chi connectivity index (χ0v) is 12.9. The number of hydrogen-bond acceptors (Lipinski definition) is 1. The van der Waals surface area contributed by atoms with Crippen molar-refractivity contribution in [2.24, 2.45) is 0 Å². The molecule has 0 aliphatic rings. The second-order valence-electron chi connectivity index (χ2n) is 4.11. The fraction of sp³-hybridized carbons (Fsp3) is 0.214. The Balaban J connectivity index is 2.28. The van der Waals surface area contributed by atoms with Gasteiger partial charge in [-0.15, -0.1) is 0 Å². The van der Waals surface area contributed by atoms with E-state index >= 15 is 0 Å². The number of rotatable bonds is 3. The quantitative estimate of drug-likeness (QED) is 0.657. The number of aromatic nitrogens is 1. The Morgan fingerprint density at radius 3 is 2.56 bits per heavy atom. The molecule has 94 valence electrons. The number of halogens is 3. The van der Waals surface area contributed by atoms with Gasteiger partial charge in [-0.3, -0.25) is 4.98 Å². The van der Waals surface area contributed by atoms with E-state index in [0.29, 0.717) is 10.0 Å². The van der Waals surface area contributed by atoms with Crippen LogP contribution in [-0.2, 0) is 0 Å². The maximum absolute atomic E-state index is 6.22. The van der Waals surface area contributed by atoms with Crippen molar-refractivity contribution in [1.29, 1.82) is 0 Å². The molecule has 2 aromatic rings. The Morgan fingerprint density at radius 1 is 1.17 bits per heavy atom. The Hall–Kier alpha value is -0.570. The second-order valence-corrected chi connectivity index (χ2v) is 5.94. The lowest BCUT2D eigenvalue weighted by molar-refractivity contribution is 0.724. The zero-order valence-electron chi connectivity index (χ0n) is 9.78. The van der Waals surface area contributed by atoms with Crippen molar-refractivity contribution in [2.45, 2.75) is 17.7 Å². The average molecular weight is 345 g/mol. The smallest absolute Gasteiger partial charge is 0.0490 e. The summed E-state index contributed by atoms with van der Waals surface area (Å²) in [6.45, 7) is 2.12. The zero-order chi connectivity index (χ0) is 13.1. The fourth-order valence-corrected chi connectivity index (χ4v) is 3.12. The molecule has 0 amide bonds. The van der Waals surface area contributed by atoms with Crippen LogP contribution in [0, 0.1) is 0 Å². The Labute approximate surface area is 125 Å². The van der Waals surface area contributed by atoms with Gasteiger partial charge >= 0.3 is 0 Å². The normalized spacial score (nSPS) is 14.2. The third-order valence-corrected chi connectivity index (χ3v) is 4.70. The minimum Gasteiger partial charge on any atom is -0.261 e. The van der Waals surface area contributed by atoms with Crippen molar-refractivity contribution in [3.63, 3.8) is 0 Å². The van der Waals surface area contributed by atoms with Crippen molar-refractivity contribution < 1.29 is 0 Å². The van der Waals surface area contributed by atoms with Crippen LogP contribution in [-0.4, -0.2) is 4.98 Å². The number of hydrogen-bond donors (Lipinski definition) is 0. The molecule has 0 radical (unpaired) electrons. The first kappa shape index (κ1) is 13.9. The molecule has 0 aliphatic carbocycles. The molecule has 0 saturated heterocycles. The summed E-state index contributed by atoms with van der Waals surface area (Å²) in [4.78, 5) is 4.48. The summed E-state index contributed by atoms with van der Waals surface area (Å²) in [6.07, 6.45) is 1.80. The van der Waals surface area contributed by atoms with E-state index in [0.717, 1.165) is 11.3 Å². The van der Waals surface area contributed by atoms with Crippen molar-refractivity contribution in [1.82, 2.24) is 4.98 Å². The molecule has 0 saturated carbocycles. The molecule has 2 atom stereocenters. The summed E-state index contributed by atoms with van der Waals surface area (Å²) in [5.74, 6) is 0.227. The summed E-state index contributed by atoms with van der Waals surface area (Å²) in [7, 11) is 0. The SMILES string of the molecule is CC(c1ccccn1)C(Br)c1ccc(Cl)cc1Cl. The molecule has 0 aliphatic heterocycles. The maximum Gasteiger partial charge on any atom is 0.0490 e. The molecule has 0 bridgehead atoms. The second kappa shape index (κ2) is 6.05. The highest BCUT2D eigenvalue weighted by molar-refractivity contribution is 9.09. The Kier molecular flexibility index (Phi) is 4.66. The average Bonchev–Trinajstić information content (AvgIpc) is 2.38. The van der Waals surface area contributed by atoms with Gasteiger partial charge in [-0.25, -0.2) is 0 Å². The fourth-order valence-electron chi connectivity index (χ4n) is 1.79. The van der Waals surface area contributed by atoms with Gasteiger partial charge in [-0.1, -0.05) is 58.2 Å². The molecular weight excluding hydrogens is 333 g/mol. The van der Waals surface area contributed by atoms with Gasteiger partial charge in [0.25, 0.3) is 0 Å². The monoisotopic (exact) mass is 343 g/mol. The van der Waals surface area contributed by atoms with Crippen LogP contribution < -0.4 is 0 Å². The van der Waals surface area contributed by atoms with Crippen LogP contribution in [0.3, 0.4) is 0 Å². The van der Waals surface area contributed by atoms with Gasteiger partial charge in [0.15, 0.2) is 0 Å². The molecule has 2 rings (SSSR count). The third-order valence-electron chi connectivity index (χ3n) is 2.85. The highest BCUT2D eigenvalue weighted by atomic mass is 79.9. The predicted octanol–water partition coefficient (Wildman–Crippen LogP) is 5.63. The highest BCUT2D eigenvalue weighted by Crippen LogP contribution is 2.40. The topological polar surface area (TPSA) is 12.9 Å². The summed E-state index contributed by atoms with van der Waals surface area (Å²) in [6, 6.07) is 11.5. The maximum atomic E-state index is 6.22. The number of alkyl halides is 1. The standard InChI is InChI=1S/C14H12BrCl2N/c1-9(13-4-2-3-7-18-13)14(15)11-6-5-10(16)8-12(11)17/h2-9,14H,1H3. The van der Waals surface area contributed by atoms with E-state index in [-0.39, 0.29) is 10.7 Å².